The standard InChI is InChI=1S/C21H21ClN2OS/c1-14-18(24-19(26-14)16-7-5-4-6-8-16)15-9-11-17(12-10-15)23-20(25)21(2,3)13-22/h4-12H,13H2,1-3H3,(H,23,25). The third-order valence-electron chi connectivity index (χ3n) is 4.18. The molecule has 0 saturated carbocycles. The van der Waals surface area contributed by atoms with Crippen LogP contribution in [-0.2, 0) is 4.79 Å². The Morgan fingerprint density at radius 3 is 2.35 bits per heavy atom. The Bertz CT molecular complexity index is 902. The van der Waals surface area contributed by atoms with E-state index in [2.05, 4.69) is 24.4 Å². The highest BCUT2D eigenvalue weighted by Gasteiger charge is 2.26. The number of alkyl halides is 1. The van der Waals surface area contributed by atoms with Crippen molar-refractivity contribution in [2.24, 2.45) is 5.41 Å². The number of halogens is 1. The zero-order valence-electron chi connectivity index (χ0n) is 15.0. The first-order valence-corrected chi connectivity index (χ1v) is 9.76. The summed E-state index contributed by atoms with van der Waals surface area (Å²) in [5.41, 5.74) is 3.30. The highest BCUT2D eigenvalue weighted by atomic mass is 35.5. The van der Waals surface area contributed by atoms with Gasteiger partial charge in [-0.1, -0.05) is 42.5 Å². The molecule has 26 heavy (non-hydrogen) atoms. The molecule has 134 valence electrons. The SMILES string of the molecule is Cc1sc(-c2ccccc2)nc1-c1ccc(NC(=O)C(C)(C)CCl)cc1. The van der Waals surface area contributed by atoms with Gasteiger partial charge >= 0.3 is 0 Å². The summed E-state index contributed by atoms with van der Waals surface area (Å²) in [5.74, 6) is 0.188. The normalized spacial score (nSPS) is 11.4. The van der Waals surface area contributed by atoms with Gasteiger partial charge in [-0.2, -0.15) is 0 Å². The highest BCUT2D eigenvalue weighted by Crippen LogP contribution is 2.33. The lowest BCUT2D eigenvalue weighted by molar-refractivity contribution is -0.122. The minimum atomic E-state index is -0.601. The van der Waals surface area contributed by atoms with Crippen LogP contribution in [0.5, 0.6) is 0 Å². The van der Waals surface area contributed by atoms with Crippen LogP contribution >= 0.6 is 22.9 Å². The summed E-state index contributed by atoms with van der Waals surface area (Å²) >= 11 is 7.55. The van der Waals surface area contributed by atoms with Gasteiger partial charge in [0.05, 0.1) is 11.1 Å². The number of aryl methyl sites for hydroxylation is 1. The Hall–Kier alpha value is -2.17. The lowest BCUT2D eigenvalue weighted by Gasteiger charge is -2.20. The minimum Gasteiger partial charge on any atom is -0.326 e. The third-order valence-corrected chi connectivity index (χ3v) is 5.87. The van der Waals surface area contributed by atoms with E-state index in [1.807, 2.05) is 56.3 Å². The molecule has 1 heterocycles. The highest BCUT2D eigenvalue weighted by molar-refractivity contribution is 7.15. The van der Waals surface area contributed by atoms with Gasteiger partial charge in [-0.25, -0.2) is 4.98 Å². The second-order valence-electron chi connectivity index (χ2n) is 6.84. The lowest BCUT2D eigenvalue weighted by atomic mass is 9.95. The molecule has 0 unspecified atom stereocenters. The van der Waals surface area contributed by atoms with Crippen molar-refractivity contribution in [1.82, 2.24) is 4.98 Å². The first kappa shape index (κ1) is 18.6. The van der Waals surface area contributed by atoms with Crippen molar-refractivity contribution in [3.8, 4) is 21.8 Å². The zero-order chi connectivity index (χ0) is 18.7. The molecule has 0 saturated heterocycles. The number of aromatic nitrogens is 1. The number of carbonyl (C=O) groups is 1. The number of rotatable bonds is 5. The lowest BCUT2D eigenvalue weighted by Crippen LogP contribution is -2.32. The molecule has 2 aromatic carbocycles. The van der Waals surface area contributed by atoms with Crippen molar-refractivity contribution in [3.63, 3.8) is 0 Å². The Kier molecular flexibility index (Phi) is 5.44. The molecule has 1 aromatic heterocycles. The number of anilines is 1. The van der Waals surface area contributed by atoms with Crippen molar-refractivity contribution >= 4 is 34.5 Å². The second-order valence-corrected chi connectivity index (χ2v) is 8.31. The van der Waals surface area contributed by atoms with Gasteiger partial charge < -0.3 is 5.32 Å². The summed E-state index contributed by atoms with van der Waals surface area (Å²) in [6, 6.07) is 18.0. The predicted molar refractivity (Wildman–Crippen MR) is 111 cm³/mol. The third kappa shape index (κ3) is 3.97. The first-order valence-electron chi connectivity index (χ1n) is 8.41. The largest absolute Gasteiger partial charge is 0.326 e. The molecule has 1 amide bonds. The smallest absolute Gasteiger partial charge is 0.231 e. The van der Waals surface area contributed by atoms with E-state index in [4.69, 9.17) is 16.6 Å². The summed E-state index contributed by atoms with van der Waals surface area (Å²) in [7, 11) is 0. The molecule has 3 aromatic rings. The van der Waals surface area contributed by atoms with E-state index in [0.29, 0.717) is 0 Å². The van der Waals surface area contributed by atoms with Crippen LogP contribution in [0, 0.1) is 12.3 Å². The second kappa shape index (κ2) is 7.60. The van der Waals surface area contributed by atoms with Crippen molar-refractivity contribution in [2.75, 3.05) is 11.2 Å². The van der Waals surface area contributed by atoms with Crippen LogP contribution in [0.4, 0.5) is 5.69 Å². The van der Waals surface area contributed by atoms with E-state index >= 15 is 0 Å². The van der Waals surface area contributed by atoms with Crippen LogP contribution in [0.15, 0.2) is 54.6 Å². The zero-order valence-corrected chi connectivity index (χ0v) is 16.6. The molecule has 0 atom stereocenters. The summed E-state index contributed by atoms with van der Waals surface area (Å²) in [6.07, 6.45) is 0. The monoisotopic (exact) mass is 384 g/mol. The maximum absolute atomic E-state index is 12.2. The van der Waals surface area contributed by atoms with Crippen LogP contribution < -0.4 is 5.32 Å². The fraction of sp³-hybridized carbons (Fsp3) is 0.238. The van der Waals surface area contributed by atoms with Crippen LogP contribution in [0.25, 0.3) is 21.8 Å². The number of carbonyl (C=O) groups excluding carboxylic acids is 1. The van der Waals surface area contributed by atoms with Gasteiger partial charge in [-0.3, -0.25) is 4.79 Å². The Morgan fingerprint density at radius 2 is 1.73 bits per heavy atom. The Balaban J connectivity index is 1.81. The molecule has 3 nitrogen and oxygen atoms in total. The maximum atomic E-state index is 12.2. The van der Waals surface area contributed by atoms with E-state index in [1.54, 1.807) is 11.3 Å². The van der Waals surface area contributed by atoms with E-state index in [1.165, 1.54) is 4.88 Å². The predicted octanol–water partition coefficient (Wildman–Crippen LogP) is 5.99. The van der Waals surface area contributed by atoms with E-state index < -0.39 is 5.41 Å². The number of amides is 1. The van der Waals surface area contributed by atoms with Gasteiger partial charge in [-0.15, -0.1) is 22.9 Å². The molecular formula is C21H21ClN2OS. The minimum absolute atomic E-state index is 0.0866. The number of benzene rings is 2. The van der Waals surface area contributed by atoms with Gasteiger partial charge in [0.25, 0.3) is 0 Å². The van der Waals surface area contributed by atoms with Crippen molar-refractivity contribution < 1.29 is 4.79 Å². The topological polar surface area (TPSA) is 42.0 Å². The van der Waals surface area contributed by atoms with Crippen LogP contribution in [0.1, 0.15) is 18.7 Å². The molecule has 0 fully saturated rings. The molecule has 5 heteroatoms. The van der Waals surface area contributed by atoms with Crippen molar-refractivity contribution in [1.29, 1.82) is 0 Å². The van der Waals surface area contributed by atoms with Crippen LogP contribution in [-0.4, -0.2) is 16.8 Å². The van der Waals surface area contributed by atoms with Gasteiger partial charge in [0, 0.05) is 27.6 Å². The average Bonchev–Trinajstić information content (AvgIpc) is 3.05. The maximum Gasteiger partial charge on any atom is 0.231 e. The summed E-state index contributed by atoms with van der Waals surface area (Å²) in [5, 5.41) is 3.93. The summed E-state index contributed by atoms with van der Waals surface area (Å²) < 4.78 is 0. The van der Waals surface area contributed by atoms with Crippen molar-refractivity contribution in [2.45, 2.75) is 20.8 Å². The van der Waals surface area contributed by atoms with Gasteiger partial charge in [0.1, 0.15) is 5.01 Å². The van der Waals surface area contributed by atoms with Crippen molar-refractivity contribution in [3.05, 3.63) is 59.5 Å². The van der Waals surface area contributed by atoms with E-state index in [9.17, 15) is 4.79 Å². The quantitative estimate of drug-likeness (QED) is 0.549. The first-order chi connectivity index (χ1) is 12.4. The summed E-state index contributed by atoms with van der Waals surface area (Å²) in [6.45, 7) is 5.74. The van der Waals surface area contributed by atoms with Gasteiger partial charge in [0.2, 0.25) is 5.91 Å². The molecule has 0 bridgehead atoms. The molecule has 0 aliphatic carbocycles. The fourth-order valence-corrected chi connectivity index (χ4v) is 3.50. The molecule has 0 radical (unpaired) electrons. The summed E-state index contributed by atoms with van der Waals surface area (Å²) in [4.78, 5) is 18.2. The molecule has 0 aliphatic rings. The molecule has 0 spiro atoms. The Morgan fingerprint density at radius 1 is 1.08 bits per heavy atom. The van der Waals surface area contributed by atoms with E-state index in [0.717, 1.165) is 27.5 Å². The number of nitrogens with zero attached hydrogens (tertiary/aromatic N) is 1. The molecule has 3 rings (SSSR count). The molecule has 0 aliphatic heterocycles. The number of thiazole rings is 1. The van der Waals surface area contributed by atoms with Gasteiger partial charge in [-0.05, 0) is 32.9 Å². The van der Waals surface area contributed by atoms with Crippen LogP contribution in [0.2, 0.25) is 0 Å². The van der Waals surface area contributed by atoms with Gasteiger partial charge in [0.15, 0.2) is 0 Å². The molecular weight excluding hydrogens is 364 g/mol. The van der Waals surface area contributed by atoms with E-state index in [-0.39, 0.29) is 11.8 Å². The fourth-order valence-electron chi connectivity index (χ4n) is 2.44. The Labute approximate surface area is 163 Å². The number of hydrogen-bond acceptors (Lipinski definition) is 3. The number of hydrogen-bond donors (Lipinski definition) is 1. The molecule has 1 N–H and O–H groups in total. The average molecular weight is 385 g/mol. The van der Waals surface area contributed by atoms with Crippen LogP contribution in [0.3, 0.4) is 0 Å². The number of nitrogens with one attached hydrogen (secondary N) is 1.